The zero-order chi connectivity index (χ0) is 16.8. The highest BCUT2D eigenvalue weighted by Crippen LogP contribution is 2.22. The molecule has 1 aliphatic rings. The normalized spacial score (nSPS) is 20.8. The molecule has 1 aliphatic heterocycles. The maximum absolute atomic E-state index is 12.3. The first kappa shape index (κ1) is 17.9. The molecule has 3 atom stereocenters. The monoisotopic (exact) mass is 338 g/mol. The Morgan fingerprint density at radius 3 is 2.74 bits per heavy atom. The van der Waals surface area contributed by atoms with Gasteiger partial charge in [-0.3, -0.25) is 4.21 Å². The summed E-state index contributed by atoms with van der Waals surface area (Å²) in [5, 5.41) is 2.91. The minimum Gasteiger partial charge on any atom is -0.370 e. The zero-order valence-electron chi connectivity index (χ0n) is 14.1. The maximum atomic E-state index is 12.3. The van der Waals surface area contributed by atoms with E-state index in [1.807, 2.05) is 6.92 Å². The summed E-state index contributed by atoms with van der Waals surface area (Å²) < 4.78 is 17.0. The summed E-state index contributed by atoms with van der Waals surface area (Å²) in [5.41, 5.74) is 2.39. The number of aryl methyl sites for hydroxylation is 1. The molecule has 23 heavy (non-hydrogen) atoms. The third-order valence-electron chi connectivity index (χ3n) is 3.97. The molecule has 0 aliphatic carbocycles. The van der Waals surface area contributed by atoms with E-state index in [1.165, 1.54) is 5.56 Å². The van der Waals surface area contributed by atoms with Crippen LogP contribution < -0.4 is 5.32 Å². The van der Waals surface area contributed by atoms with Crippen LogP contribution in [0.5, 0.6) is 0 Å². The Bertz CT molecular complexity index is 547. The Kier molecular flexibility index (Phi) is 6.59. The van der Waals surface area contributed by atoms with Crippen LogP contribution in [0.1, 0.15) is 31.1 Å². The van der Waals surface area contributed by atoms with Crippen molar-refractivity contribution in [1.82, 2.24) is 10.2 Å². The molecule has 0 aromatic heterocycles. The molecule has 0 spiro atoms. The molecule has 2 rings (SSSR count). The van der Waals surface area contributed by atoms with E-state index in [4.69, 9.17) is 4.74 Å². The summed E-state index contributed by atoms with van der Waals surface area (Å²) in [6.07, 6.45) is 2.57. The Hall–Kier alpha value is -1.40. The average Bonchev–Trinajstić information content (AvgIpc) is 2.54. The van der Waals surface area contributed by atoms with Gasteiger partial charge in [0.05, 0.1) is 13.2 Å². The molecule has 1 aromatic carbocycles. The lowest BCUT2D eigenvalue weighted by molar-refractivity contribution is -0.0156. The summed E-state index contributed by atoms with van der Waals surface area (Å²) in [6.45, 7) is 5.65. The number of amides is 2. The van der Waals surface area contributed by atoms with Gasteiger partial charge in [-0.2, -0.15) is 0 Å². The molecule has 1 aromatic rings. The number of nitrogens with zero attached hydrogens (tertiary/aromatic N) is 1. The molecule has 128 valence electrons. The van der Waals surface area contributed by atoms with Crippen LogP contribution in [0.2, 0.25) is 0 Å². The predicted octanol–water partition coefficient (Wildman–Crippen LogP) is 2.10. The van der Waals surface area contributed by atoms with Gasteiger partial charge in [0.1, 0.15) is 6.10 Å². The number of rotatable bonds is 5. The fourth-order valence-corrected chi connectivity index (χ4v) is 3.49. The minimum absolute atomic E-state index is 0.0870. The lowest BCUT2D eigenvalue weighted by atomic mass is 10.0. The van der Waals surface area contributed by atoms with Gasteiger partial charge in [-0.25, -0.2) is 4.79 Å². The standard InChI is InChI=1S/C17H26N2O3S/c1-4-14-5-7-15(8-6-14)16-11-19(9-10-22-16)17(20)18-13(2)12-23(3)21/h5-8,13,16H,4,9-12H2,1-3H3,(H,18,20)/t13-,16+,23-/m1/s1. The van der Waals surface area contributed by atoms with E-state index >= 15 is 0 Å². The van der Waals surface area contributed by atoms with E-state index in [-0.39, 0.29) is 18.2 Å². The number of hydrogen-bond donors (Lipinski definition) is 1. The summed E-state index contributed by atoms with van der Waals surface area (Å²) in [5.74, 6) is 0.470. The van der Waals surface area contributed by atoms with E-state index in [9.17, 15) is 9.00 Å². The summed E-state index contributed by atoms with van der Waals surface area (Å²) in [6, 6.07) is 8.16. The molecule has 0 radical (unpaired) electrons. The third kappa shape index (κ3) is 5.32. The van der Waals surface area contributed by atoms with Crippen molar-refractivity contribution in [3.8, 4) is 0 Å². The maximum Gasteiger partial charge on any atom is 0.317 e. The number of benzene rings is 1. The second kappa shape index (κ2) is 8.45. The Morgan fingerprint density at radius 1 is 1.43 bits per heavy atom. The third-order valence-corrected chi connectivity index (χ3v) is 4.94. The van der Waals surface area contributed by atoms with E-state index in [0.29, 0.717) is 25.4 Å². The van der Waals surface area contributed by atoms with E-state index in [2.05, 4.69) is 36.5 Å². The molecule has 1 saturated heterocycles. The lowest BCUT2D eigenvalue weighted by Crippen LogP contribution is -2.50. The largest absolute Gasteiger partial charge is 0.370 e. The minimum atomic E-state index is -0.915. The van der Waals surface area contributed by atoms with Crippen LogP contribution in [0.15, 0.2) is 24.3 Å². The number of urea groups is 1. The van der Waals surface area contributed by atoms with Gasteiger partial charge in [0, 0.05) is 35.4 Å². The van der Waals surface area contributed by atoms with Crippen molar-refractivity contribution >= 4 is 16.8 Å². The predicted molar refractivity (Wildman–Crippen MR) is 93.0 cm³/mol. The first-order valence-corrected chi connectivity index (χ1v) is 9.78. The molecular weight excluding hydrogens is 312 g/mol. The number of carbonyl (C=O) groups is 1. The van der Waals surface area contributed by atoms with Crippen LogP contribution >= 0.6 is 0 Å². The molecule has 1 heterocycles. The number of ether oxygens (including phenoxy) is 1. The fourth-order valence-electron chi connectivity index (χ4n) is 2.70. The Morgan fingerprint density at radius 2 is 2.13 bits per heavy atom. The van der Waals surface area contributed by atoms with Crippen LogP contribution in [-0.4, -0.2) is 52.9 Å². The molecule has 0 saturated carbocycles. The Balaban J connectivity index is 1.94. The summed E-state index contributed by atoms with van der Waals surface area (Å²) >= 11 is 0. The fraction of sp³-hybridized carbons (Fsp3) is 0.588. The summed E-state index contributed by atoms with van der Waals surface area (Å²) in [4.78, 5) is 14.1. The second-order valence-corrected chi connectivity index (χ2v) is 7.47. The lowest BCUT2D eigenvalue weighted by Gasteiger charge is -2.34. The molecule has 0 unspecified atom stereocenters. The molecule has 6 heteroatoms. The number of morpholine rings is 1. The van der Waals surface area contributed by atoms with Crippen LogP contribution in [0, 0.1) is 0 Å². The second-order valence-electron chi connectivity index (χ2n) is 5.99. The summed E-state index contributed by atoms with van der Waals surface area (Å²) in [7, 11) is -0.915. The molecule has 2 amide bonds. The van der Waals surface area contributed by atoms with E-state index < -0.39 is 10.8 Å². The van der Waals surface area contributed by atoms with Gasteiger partial charge in [-0.1, -0.05) is 31.2 Å². The van der Waals surface area contributed by atoms with Gasteiger partial charge in [0.15, 0.2) is 0 Å². The van der Waals surface area contributed by atoms with E-state index in [0.717, 1.165) is 12.0 Å². The van der Waals surface area contributed by atoms with Crippen LogP contribution in [0.4, 0.5) is 4.79 Å². The highest BCUT2D eigenvalue weighted by atomic mass is 32.2. The van der Waals surface area contributed by atoms with Crippen molar-refractivity contribution in [2.24, 2.45) is 0 Å². The highest BCUT2D eigenvalue weighted by Gasteiger charge is 2.26. The van der Waals surface area contributed by atoms with Gasteiger partial charge in [-0.05, 0) is 24.5 Å². The average molecular weight is 338 g/mol. The molecule has 1 N–H and O–H groups in total. The van der Waals surface area contributed by atoms with Crippen molar-refractivity contribution in [3.63, 3.8) is 0 Å². The van der Waals surface area contributed by atoms with Crippen molar-refractivity contribution in [1.29, 1.82) is 0 Å². The number of carbonyl (C=O) groups excluding carboxylic acids is 1. The molecular formula is C17H26N2O3S. The van der Waals surface area contributed by atoms with Crippen LogP contribution in [0.25, 0.3) is 0 Å². The van der Waals surface area contributed by atoms with Crippen molar-refractivity contribution < 1.29 is 13.7 Å². The SMILES string of the molecule is CCc1ccc([C@@H]2CN(C(=O)N[C@H](C)C[S@@](C)=O)CCO2)cc1. The Labute approximate surface area is 140 Å². The number of hydrogen-bond acceptors (Lipinski definition) is 3. The molecule has 0 bridgehead atoms. The van der Waals surface area contributed by atoms with Gasteiger partial charge < -0.3 is 15.0 Å². The first-order chi connectivity index (χ1) is 11.0. The molecule has 5 nitrogen and oxygen atoms in total. The van der Waals surface area contributed by atoms with Gasteiger partial charge >= 0.3 is 6.03 Å². The quantitative estimate of drug-likeness (QED) is 0.894. The highest BCUT2D eigenvalue weighted by molar-refractivity contribution is 7.84. The smallest absolute Gasteiger partial charge is 0.317 e. The van der Waals surface area contributed by atoms with Crippen LogP contribution in [-0.2, 0) is 22.0 Å². The van der Waals surface area contributed by atoms with E-state index in [1.54, 1.807) is 11.2 Å². The number of nitrogens with one attached hydrogen (secondary N) is 1. The first-order valence-electron chi connectivity index (χ1n) is 8.05. The van der Waals surface area contributed by atoms with Gasteiger partial charge in [0.25, 0.3) is 0 Å². The topological polar surface area (TPSA) is 58.6 Å². The van der Waals surface area contributed by atoms with Gasteiger partial charge in [-0.15, -0.1) is 0 Å². The zero-order valence-corrected chi connectivity index (χ0v) is 14.9. The molecule has 1 fully saturated rings. The van der Waals surface area contributed by atoms with Crippen LogP contribution in [0.3, 0.4) is 0 Å². The van der Waals surface area contributed by atoms with Crippen molar-refractivity contribution in [2.75, 3.05) is 31.7 Å². The van der Waals surface area contributed by atoms with Gasteiger partial charge in [0.2, 0.25) is 0 Å². The van der Waals surface area contributed by atoms with Crippen molar-refractivity contribution in [2.45, 2.75) is 32.4 Å². The van der Waals surface area contributed by atoms with Crippen molar-refractivity contribution in [3.05, 3.63) is 35.4 Å².